The summed E-state index contributed by atoms with van der Waals surface area (Å²) in [6.45, 7) is 6.31. The van der Waals surface area contributed by atoms with Crippen molar-refractivity contribution in [3.05, 3.63) is 0 Å². The average molecular weight is 249 g/mol. The summed E-state index contributed by atoms with van der Waals surface area (Å²) in [4.78, 5) is 4.15. The molecule has 5 N–H and O–H groups in total. The molecule has 0 rings (SSSR count). The number of nitrogens with zero attached hydrogens (tertiary/aromatic N) is 1. The number of hydrogen-bond donors (Lipinski definition) is 5. The molecule has 0 aromatic rings. The molecule has 0 aliphatic heterocycles. The lowest BCUT2D eigenvalue weighted by Gasteiger charge is -2.26. The SMILES string of the molecule is C/C(=N/C(C)(C)C)[C@@H](O)[C@@H](O)[C@H](O)[C@H](O)CO. The van der Waals surface area contributed by atoms with Gasteiger partial charge in [-0.15, -0.1) is 0 Å². The van der Waals surface area contributed by atoms with Crippen molar-refractivity contribution < 1.29 is 25.5 Å². The molecular weight excluding hydrogens is 226 g/mol. The van der Waals surface area contributed by atoms with Gasteiger partial charge in [-0.1, -0.05) is 0 Å². The Morgan fingerprint density at radius 2 is 1.53 bits per heavy atom. The number of rotatable bonds is 5. The molecule has 4 atom stereocenters. The summed E-state index contributed by atoms with van der Waals surface area (Å²) in [5.41, 5.74) is -0.153. The van der Waals surface area contributed by atoms with Crippen LogP contribution in [0.4, 0.5) is 0 Å². The number of hydrogen-bond acceptors (Lipinski definition) is 6. The van der Waals surface area contributed by atoms with Crippen molar-refractivity contribution in [2.24, 2.45) is 4.99 Å². The van der Waals surface area contributed by atoms with Crippen LogP contribution < -0.4 is 0 Å². The summed E-state index contributed by atoms with van der Waals surface area (Å²) >= 11 is 0. The number of aliphatic imine (C=N–C) groups is 1. The first-order valence-corrected chi connectivity index (χ1v) is 5.49. The van der Waals surface area contributed by atoms with Crippen LogP contribution in [0.15, 0.2) is 4.99 Å². The van der Waals surface area contributed by atoms with E-state index in [1.807, 2.05) is 20.8 Å². The second kappa shape index (κ2) is 6.42. The summed E-state index contributed by atoms with van der Waals surface area (Å²) in [5.74, 6) is 0. The van der Waals surface area contributed by atoms with Crippen molar-refractivity contribution in [3.8, 4) is 0 Å². The Kier molecular flexibility index (Phi) is 6.22. The number of aliphatic hydroxyl groups excluding tert-OH is 5. The van der Waals surface area contributed by atoms with Crippen LogP contribution >= 0.6 is 0 Å². The van der Waals surface area contributed by atoms with E-state index in [0.29, 0.717) is 0 Å². The third-order valence-corrected chi connectivity index (χ3v) is 2.19. The molecule has 0 amide bonds. The highest BCUT2D eigenvalue weighted by Gasteiger charge is 2.31. The number of aliphatic hydroxyl groups is 5. The summed E-state index contributed by atoms with van der Waals surface area (Å²) in [6, 6.07) is 0. The van der Waals surface area contributed by atoms with Gasteiger partial charge in [0.1, 0.15) is 24.4 Å². The predicted molar refractivity (Wildman–Crippen MR) is 64.0 cm³/mol. The van der Waals surface area contributed by atoms with E-state index in [2.05, 4.69) is 4.99 Å². The Morgan fingerprint density at radius 1 is 1.06 bits per heavy atom. The minimum absolute atomic E-state index is 0.259. The van der Waals surface area contributed by atoms with Crippen LogP contribution in [0, 0.1) is 0 Å². The lowest BCUT2D eigenvalue weighted by Crippen LogP contribution is -2.48. The minimum Gasteiger partial charge on any atom is -0.394 e. The molecule has 0 fully saturated rings. The zero-order valence-electron chi connectivity index (χ0n) is 10.7. The van der Waals surface area contributed by atoms with Crippen molar-refractivity contribution in [2.75, 3.05) is 6.61 Å². The van der Waals surface area contributed by atoms with Crippen molar-refractivity contribution in [2.45, 2.75) is 57.6 Å². The summed E-state index contributed by atoms with van der Waals surface area (Å²) in [7, 11) is 0. The first-order chi connectivity index (χ1) is 7.60. The fourth-order valence-corrected chi connectivity index (χ4v) is 1.36. The quantitative estimate of drug-likeness (QED) is 0.388. The predicted octanol–water partition coefficient (Wildman–Crippen LogP) is -1.32. The van der Waals surface area contributed by atoms with Gasteiger partial charge in [0.25, 0.3) is 0 Å². The maximum atomic E-state index is 9.73. The monoisotopic (exact) mass is 249 g/mol. The smallest absolute Gasteiger partial charge is 0.120 e. The van der Waals surface area contributed by atoms with Gasteiger partial charge in [-0.3, -0.25) is 4.99 Å². The molecule has 0 radical (unpaired) electrons. The largest absolute Gasteiger partial charge is 0.394 e. The van der Waals surface area contributed by atoms with Crippen molar-refractivity contribution in [1.29, 1.82) is 0 Å². The van der Waals surface area contributed by atoms with Crippen LogP contribution in [0.5, 0.6) is 0 Å². The first-order valence-electron chi connectivity index (χ1n) is 5.49. The Labute approximate surface area is 101 Å². The van der Waals surface area contributed by atoms with Gasteiger partial charge in [-0.25, -0.2) is 0 Å². The third kappa shape index (κ3) is 5.56. The molecule has 17 heavy (non-hydrogen) atoms. The van der Waals surface area contributed by atoms with E-state index in [1.54, 1.807) is 0 Å². The molecule has 0 aromatic carbocycles. The van der Waals surface area contributed by atoms with Crippen LogP contribution in [0.3, 0.4) is 0 Å². The van der Waals surface area contributed by atoms with Crippen LogP contribution in [0.1, 0.15) is 27.7 Å². The topological polar surface area (TPSA) is 114 Å². The van der Waals surface area contributed by atoms with E-state index in [1.165, 1.54) is 6.92 Å². The minimum atomic E-state index is -1.62. The van der Waals surface area contributed by atoms with E-state index in [4.69, 9.17) is 10.2 Å². The van der Waals surface area contributed by atoms with Gasteiger partial charge < -0.3 is 25.5 Å². The molecule has 6 heteroatoms. The van der Waals surface area contributed by atoms with E-state index in [-0.39, 0.29) is 5.71 Å². The zero-order chi connectivity index (χ0) is 13.8. The van der Waals surface area contributed by atoms with E-state index < -0.39 is 36.6 Å². The Balaban J connectivity index is 4.70. The maximum absolute atomic E-state index is 9.73. The average Bonchev–Trinajstić information content (AvgIpc) is 2.22. The molecule has 6 nitrogen and oxygen atoms in total. The van der Waals surface area contributed by atoms with Crippen molar-refractivity contribution >= 4 is 5.71 Å². The van der Waals surface area contributed by atoms with Gasteiger partial charge >= 0.3 is 0 Å². The molecule has 102 valence electrons. The normalized spacial score (nSPS) is 20.9. The molecular formula is C11H23NO5. The van der Waals surface area contributed by atoms with Gasteiger partial charge in [0.2, 0.25) is 0 Å². The Morgan fingerprint density at radius 3 is 1.88 bits per heavy atom. The molecule has 0 heterocycles. The molecule has 0 aliphatic rings. The van der Waals surface area contributed by atoms with Crippen molar-refractivity contribution in [1.82, 2.24) is 0 Å². The highest BCUT2D eigenvalue weighted by Crippen LogP contribution is 2.11. The van der Waals surface area contributed by atoms with Gasteiger partial charge in [-0.2, -0.15) is 0 Å². The second-order valence-electron chi connectivity index (χ2n) is 5.10. The van der Waals surface area contributed by atoms with Gasteiger partial charge in [0.15, 0.2) is 0 Å². The highest BCUT2D eigenvalue weighted by molar-refractivity contribution is 5.87. The first kappa shape index (κ1) is 16.5. The third-order valence-electron chi connectivity index (χ3n) is 2.19. The highest BCUT2D eigenvalue weighted by atomic mass is 16.4. The van der Waals surface area contributed by atoms with Gasteiger partial charge in [-0.05, 0) is 27.7 Å². The maximum Gasteiger partial charge on any atom is 0.120 e. The molecule has 0 unspecified atom stereocenters. The molecule has 0 bridgehead atoms. The standard InChI is InChI=1S/C11H23NO5/c1-6(12-11(2,3)4)8(15)10(17)9(16)7(14)5-13/h7-10,13-17H,5H2,1-4H3/b12-6-/t7-,8-,9-,10-/m1/s1. The summed E-state index contributed by atoms with van der Waals surface area (Å²) < 4.78 is 0. The molecule has 0 spiro atoms. The molecule has 0 saturated heterocycles. The Hall–Kier alpha value is -0.530. The van der Waals surface area contributed by atoms with E-state index >= 15 is 0 Å². The van der Waals surface area contributed by atoms with E-state index in [9.17, 15) is 15.3 Å². The fraction of sp³-hybridized carbons (Fsp3) is 0.909. The lowest BCUT2D eigenvalue weighted by molar-refractivity contribution is -0.101. The second-order valence-corrected chi connectivity index (χ2v) is 5.10. The van der Waals surface area contributed by atoms with E-state index in [0.717, 1.165) is 0 Å². The fourth-order valence-electron chi connectivity index (χ4n) is 1.36. The van der Waals surface area contributed by atoms with Gasteiger partial charge in [0.05, 0.1) is 12.1 Å². The molecule has 0 saturated carbocycles. The van der Waals surface area contributed by atoms with Crippen LogP contribution in [-0.2, 0) is 0 Å². The van der Waals surface area contributed by atoms with Crippen LogP contribution in [0.25, 0.3) is 0 Å². The lowest BCUT2D eigenvalue weighted by atomic mass is 9.99. The summed E-state index contributed by atoms with van der Waals surface area (Å²) in [5, 5.41) is 46.5. The Bertz CT molecular complexity index is 261. The van der Waals surface area contributed by atoms with Crippen LogP contribution in [0.2, 0.25) is 0 Å². The summed E-state index contributed by atoms with van der Waals surface area (Å²) in [6.07, 6.45) is -6.10. The molecule has 0 aromatic heterocycles. The van der Waals surface area contributed by atoms with Crippen LogP contribution in [-0.4, -0.2) is 67.8 Å². The van der Waals surface area contributed by atoms with Crippen molar-refractivity contribution in [3.63, 3.8) is 0 Å². The molecule has 0 aliphatic carbocycles. The zero-order valence-corrected chi connectivity index (χ0v) is 10.7. The van der Waals surface area contributed by atoms with Gasteiger partial charge in [0, 0.05) is 5.71 Å².